The van der Waals surface area contributed by atoms with E-state index in [2.05, 4.69) is 84.7 Å². The number of hydrogen-bond acceptors (Lipinski definition) is 2. The molecule has 0 fully saturated rings. The first-order valence-corrected chi connectivity index (χ1v) is 10.8. The van der Waals surface area contributed by atoms with Gasteiger partial charge in [-0.15, -0.1) is 0 Å². The Kier molecular flexibility index (Phi) is 7.89. The third kappa shape index (κ3) is 5.35. The van der Waals surface area contributed by atoms with Gasteiger partial charge in [0.05, 0.1) is 18.1 Å². The summed E-state index contributed by atoms with van der Waals surface area (Å²) in [6.07, 6.45) is 20.6. The van der Waals surface area contributed by atoms with Crippen LogP contribution in [-0.4, -0.2) is 23.0 Å². The van der Waals surface area contributed by atoms with Gasteiger partial charge in [-0.3, -0.25) is 0 Å². The van der Waals surface area contributed by atoms with Gasteiger partial charge in [-0.05, 0) is 35.1 Å². The number of hydrogen-bond donors (Lipinski definition) is 0. The Morgan fingerprint density at radius 1 is 0.903 bits per heavy atom. The molecule has 2 aliphatic rings. The molecule has 0 spiro atoms. The van der Waals surface area contributed by atoms with E-state index < -0.39 is 0 Å². The average molecular weight is 409 g/mol. The molecule has 2 nitrogen and oxygen atoms in total. The minimum absolute atomic E-state index is 0.767. The second-order valence-electron chi connectivity index (χ2n) is 7.60. The van der Waals surface area contributed by atoms with Crippen molar-refractivity contribution in [3.05, 3.63) is 145 Å². The Labute approximate surface area is 187 Å². The van der Waals surface area contributed by atoms with Crippen LogP contribution in [0.1, 0.15) is 18.4 Å². The Hall–Kier alpha value is -3.52. The van der Waals surface area contributed by atoms with Gasteiger partial charge in [0, 0.05) is 13.1 Å². The molecule has 0 atom stereocenters. The van der Waals surface area contributed by atoms with E-state index in [0.29, 0.717) is 0 Å². The summed E-state index contributed by atoms with van der Waals surface area (Å²) in [6, 6.07) is 10.6. The predicted molar refractivity (Wildman–Crippen MR) is 134 cm³/mol. The number of allylic oxidation sites excluding steroid dienone is 8. The van der Waals surface area contributed by atoms with Crippen LogP contribution in [0.5, 0.6) is 0 Å². The van der Waals surface area contributed by atoms with E-state index in [1.54, 1.807) is 0 Å². The monoisotopic (exact) mass is 408 g/mol. The van der Waals surface area contributed by atoms with Crippen LogP contribution in [0.3, 0.4) is 0 Å². The lowest BCUT2D eigenvalue weighted by atomic mass is 9.99. The van der Waals surface area contributed by atoms with Crippen molar-refractivity contribution in [2.75, 3.05) is 13.2 Å². The minimum atomic E-state index is 0.767. The minimum Gasteiger partial charge on any atom is -0.347 e. The Morgan fingerprint density at radius 2 is 1.68 bits per heavy atom. The molecular weight excluding hydrogens is 376 g/mol. The fourth-order valence-corrected chi connectivity index (χ4v) is 4.06. The first-order chi connectivity index (χ1) is 15.2. The lowest BCUT2D eigenvalue weighted by Gasteiger charge is -2.25. The Bertz CT molecular complexity index is 983. The van der Waals surface area contributed by atoms with Crippen molar-refractivity contribution in [2.45, 2.75) is 19.4 Å². The average Bonchev–Trinajstić information content (AvgIpc) is 3.15. The van der Waals surface area contributed by atoms with Gasteiger partial charge >= 0.3 is 0 Å². The summed E-state index contributed by atoms with van der Waals surface area (Å²) in [6.45, 7) is 18.3. The van der Waals surface area contributed by atoms with Crippen molar-refractivity contribution in [3.8, 4) is 0 Å². The van der Waals surface area contributed by atoms with Gasteiger partial charge in [0.2, 0.25) is 0 Å². The molecule has 0 bridgehead atoms. The SMILES string of the molecule is C=C/C=C(\C=C)CN1CN(Cc2ccccc2)C(/C(C=C)=C/C=C)=C1C1=CCCC=C1. The lowest BCUT2D eigenvalue weighted by Crippen LogP contribution is -2.29. The van der Waals surface area contributed by atoms with E-state index in [-0.39, 0.29) is 0 Å². The van der Waals surface area contributed by atoms with E-state index in [1.807, 2.05) is 36.5 Å². The maximum atomic E-state index is 4.10. The summed E-state index contributed by atoms with van der Waals surface area (Å²) < 4.78 is 0. The zero-order chi connectivity index (χ0) is 22.1. The molecule has 158 valence electrons. The molecule has 1 aromatic rings. The first-order valence-electron chi connectivity index (χ1n) is 10.8. The third-order valence-electron chi connectivity index (χ3n) is 5.44. The molecule has 0 aromatic heterocycles. The molecule has 3 rings (SSSR count). The normalized spacial score (nSPS) is 17.0. The van der Waals surface area contributed by atoms with Gasteiger partial charge in [0.1, 0.15) is 0 Å². The molecule has 1 aliphatic heterocycles. The molecule has 1 heterocycles. The van der Waals surface area contributed by atoms with Gasteiger partial charge in [0.15, 0.2) is 0 Å². The molecule has 0 saturated heterocycles. The van der Waals surface area contributed by atoms with Crippen molar-refractivity contribution in [3.63, 3.8) is 0 Å². The molecule has 0 saturated carbocycles. The van der Waals surface area contributed by atoms with E-state index >= 15 is 0 Å². The zero-order valence-electron chi connectivity index (χ0n) is 18.3. The molecule has 31 heavy (non-hydrogen) atoms. The molecule has 0 amide bonds. The third-order valence-corrected chi connectivity index (χ3v) is 5.44. The maximum Gasteiger partial charge on any atom is 0.0911 e. The lowest BCUT2D eigenvalue weighted by molar-refractivity contribution is 0.258. The smallest absolute Gasteiger partial charge is 0.0911 e. The summed E-state index contributed by atoms with van der Waals surface area (Å²) in [7, 11) is 0. The van der Waals surface area contributed by atoms with Crippen LogP contribution in [-0.2, 0) is 6.54 Å². The highest BCUT2D eigenvalue weighted by atomic mass is 15.4. The maximum absolute atomic E-state index is 4.10. The Morgan fingerprint density at radius 3 is 2.29 bits per heavy atom. The van der Waals surface area contributed by atoms with Crippen LogP contribution in [0.4, 0.5) is 0 Å². The molecule has 1 aliphatic carbocycles. The van der Waals surface area contributed by atoms with Gasteiger partial charge in [-0.25, -0.2) is 0 Å². The highest BCUT2D eigenvalue weighted by Gasteiger charge is 2.32. The fraction of sp³-hybridized carbons (Fsp3) is 0.172. The van der Waals surface area contributed by atoms with Crippen LogP contribution in [0, 0.1) is 0 Å². The molecule has 2 heteroatoms. The topological polar surface area (TPSA) is 6.48 Å². The second kappa shape index (κ2) is 11.0. The zero-order valence-corrected chi connectivity index (χ0v) is 18.3. The quantitative estimate of drug-likeness (QED) is 0.391. The van der Waals surface area contributed by atoms with Gasteiger partial charge in [0.25, 0.3) is 0 Å². The van der Waals surface area contributed by atoms with E-state index in [9.17, 15) is 0 Å². The van der Waals surface area contributed by atoms with Crippen LogP contribution in [0.15, 0.2) is 139 Å². The van der Waals surface area contributed by atoms with Crippen LogP contribution < -0.4 is 0 Å². The molecular formula is C29H32N2. The molecule has 0 N–H and O–H groups in total. The number of rotatable bonds is 10. The van der Waals surface area contributed by atoms with E-state index in [1.165, 1.54) is 22.5 Å². The van der Waals surface area contributed by atoms with Crippen molar-refractivity contribution >= 4 is 0 Å². The second-order valence-corrected chi connectivity index (χ2v) is 7.60. The van der Waals surface area contributed by atoms with Gasteiger partial charge in [-0.1, -0.05) is 111 Å². The Balaban J connectivity index is 2.13. The van der Waals surface area contributed by atoms with Gasteiger partial charge in [-0.2, -0.15) is 0 Å². The standard InChI is InChI=1S/C29H32N2/c1-5-15-24(7-3)21-30-23-31(22-25-17-11-9-12-18-25)28(26(8-4)16-6-2)29(30)27-19-13-10-14-20-27/h5-9,11-13,15-20H,1-4,10,14,21-23H2/b24-15+,26-16+. The van der Waals surface area contributed by atoms with Crippen LogP contribution in [0.25, 0.3) is 0 Å². The van der Waals surface area contributed by atoms with Crippen molar-refractivity contribution in [1.82, 2.24) is 9.80 Å². The summed E-state index contributed by atoms with van der Waals surface area (Å²) in [5, 5.41) is 0. The molecule has 1 aromatic carbocycles. The first kappa shape index (κ1) is 22.2. The van der Waals surface area contributed by atoms with Crippen molar-refractivity contribution < 1.29 is 0 Å². The highest BCUT2D eigenvalue weighted by molar-refractivity contribution is 5.54. The predicted octanol–water partition coefficient (Wildman–Crippen LogP) is 6.85. The number of nitrogens with zero attached hydrogens (tertiary/aromatic N) is 2. The summed E-state index contributed by atoms with van der Waals surface area (Å²) in [5.41, 5.74) is 7.19. The van der Waals surface area contributed by atoms with Crippen molar-refractivity contribution in [1.29, 1.82) is 0 Å². The number of benzene rings is 1. The summed E-state index contributed by atoms with van der Waals surface area (Å²) >= 11 is 0. The van der Waals surface area contributed by atoms with Crippen molar-refractivity contribution in [2.24, 2.45) is 0 Å². The largest absolute Gasteiger partial charge is 0.347 e. The molecule has 0 unspecified atom stereocenters. The highest BCUT2D eigenvalue weighted by Crippen LogP contribution is 2.37. The molecule has 0 radical (unpaired) electrons. The van der Waals surface area contributed by atoms with Gasteiger partial charge < -0.3 is 9.80 Å². The van der Waals surface area contributed by atoms with E-state index in [0.717, 1.165) is 43.7 Å². The summed E-state index contributed by atoms with van der Waals surface area (Å²) in [4.78, 5) is 4.86. The fourth-order valence-electron chi connectivity index (χ4n) is 4.06. The van der Waals surface area contributed by atoms with Crippen LogP contribution in [0.2, 0.25) is 0 Å². The van der Waals surface area contributed by atoms with E-state index in [4.69, 9.17) is 0 Å². The van der Waals surface area contributed by atoms with Crippen LogP contribution >= 0.6 is 0 Å². The summed E-state index contributed by atoms with van der Waals surface area (Å²) in [5.74, 6) is 0.